The van der Waals surface area contributed by atoms with Crippen molar-refractivity contribution in [2.45, 2.75) is 11.8 Å². The summed E-state index contributed by atoms with van der Waals surface area (Å²) in [5.41, 5.74) is 2.67. The maximum atomic E-state index is 12.7. The highest BCUT2D eigenvalue weighted by atomic mass is 32.2. The first-order valence-electron chi connectivity index (χ1n) is 8.00. The van der Waals surface area contributed by atoms with Crippen LogP contribution in [-0.4, -0.2) is 24.7 Å². The van der Waals surface area contributed by atoms with Crippen molar-refractivity contribution in [1.82, 2.24) is 0 Å². The number of rotatable bonds is 3. The number of amides is 2. The molecule has 7 heteroatoms. The molecule has 0 unspecified atom stereocenters. The Labute approximate surface area is 153 Å². The smallest absolute Gasteiger partial charge is 0.291 e. The van der Waals surface area contributed by atoms with Gasteiger partial charge in [-0.15, -0.1) is 11.8 Å². The van der Waals surface area contributed by atoms with Crippen LogP contribution in [0.5, 0.6) is 5.75 Å². The zero-order valence-electron chi connectivity index (χ0n) is 14.2. The van der Waals surface area contributed by atoms with E-state index in [1.165, 1.54) is 11.8 Å². The quantitative estimate of drug-likeness (QED) is 0.729. The number of aryl methyl sites for hydroxylation is 1. The van der Waals surface area contributed by atoms with E-state index >= 15 is 0 Å². The van der Waals surface area contributed by atoms with E-state index in [4.69, 9.17) is 9.15 Å². The minimum atomic E-state index is -0.340. The highest BCUT2D eigenvalue weighted by Gasteiger charge is 2.20. The van der Waals surface area contributed by atoms with Gasteiger partial charge in [0.2, 0.25) is 5.91 Å². The van der Waals surface area contributed by atoms with Gasteiger partial charge in [0, 0.05) is 21.5 Å². The molecule has 0 radical (unpaired) electrons. The van der Waals surface area contributed by atoms with Gasteiger partial charge in [0.25, 0.3) is 5.91 Å². The zero-order chi connectivity index (χ0) is 18.3. The maximum absolute atomic E-state index is 12.7. The van der Waals surface area contributed by atoms with Crippen molar-refractivity contribution in [3.05, 3.63) is 47.7 Å². The van der Waals surface area contributed by atoms with E-state index in [1.807, 2.05) is 25.1 Å². The summed E-state index contributed by atoms with van der Waals surface area (Å²) < 4.78 is 10.9. The Kier molecular flexibility index (Phi) is 4.08. The summed E-state index contributed by atoms with van der Waals surface area (Å²) in [5, 5.41) is 6.48. The van der Waals surface area contributed by atoms with Crippen molar-refractivity contribution in [2.24, 2.45) is 0 Å². The van der Waals surface area contributed by atoms with Gasteiger partial charge in [-0.2, -0.15) is 0 Å². The molecule has 1 aromatic heterocycles. The van der Waals surface area contributed by atoms with E-state index < -0.39 is 0 Å². The van der Waals surface area contributed by atoms with Crippen molar-refractivity contribution < 1.29 is 18.7 Å². The molecule has 2 N–H and O–H groups in total. The van der Waals surface area contributed by atoms with Crippen molar-refractivity contribution in [1.29, 1.82) is 0 Å². The molecule has 0 saturated heterocycles. The Balaban J connectivity index is 1.62. The molecule has 0 atom stereocenters. The molecule has 3 aromatic rings. The normalized spacial score (nSPS) is 13.2. The Morgan fingerprint density at radius 1 is 1.27 bits per heavy atom. The number of nitrogens with one attached hydrogen (secondary N) is 2. The summed E-state index contributed by atoms with van der Waals surface area (Å²) in [4.78, 5) is 25.2. The third-order valence-electron chi connectivity index (χ3n) is 4.22. The van der Waals surface area contributed by atoms with Crippen LogP contribution in [0.1, 0.15) is 16.1 Å². The predicted octanol–water partition coefficient (Wildman–Crippen LogP) is 4.05. The molecule has 0 aliphatic carbocycles. The average molecular weight is 368 g/mol. The van der Waals surface area contributed by atoms with Gasteiger partial charge >= 0.3 is 0 Å². The lowest BCUT2D eigenvalue weighted by Crippen LogP contribution is -2.19. The summed E-state index contributed by atoms with van der Waals surface area (Å²) in [5.74, 6) is 0.974. The second kappa shape index (κ2) is 6.42. The Morgan fingerprint density at radius 3 is 2.92 bits per heavy atom. The summed E-state index contributed by atoms with van der Waals surface area (Å²) in [6, 6.07) is 10.9. The summed E-state index contributed by atoms with van der Waals surface area (Å²) >= 11 is 1.47. The van der Waals surface area contributed by atoms with E-state index in [0.29, 0.717) is 28.5 Å². The molecule has 2 amide bonds. The molecule has 0 spiro atoms. The number of hydrogen-bond acceptors (Lipinski definition) is 5. The van der Waals surface area contributed by atoms with Crippen LogP contribution in [0.2, 0.25) is 0 Å². The van der Waals surface area contributed by atoms with Gasteiger partial charge in [0.15, 0.2) is 5.76 Å². The SMILES string of the molecule is COc1ccc2oc(C(=O)Nc3ccc4c(c3)NC(=O)CS4)c(C)c2c1. The summed E-state index contributed by atoms with van der Waals surface area (Å²) in [6.45, 7) is 1.84. The number of thioether (sulfide) groups is 1. The molecule has 1 aliphatic rings. The van der Waals surface area contributed by atoms with Gasteiger partial charge in [-0.3, -0.25) is 9.59 Å². The van der Waals surface area contributed by atoms with Crippen LogP contribution in [-0.2, 0) is 4.79 Å². The highest BCUT2D eigenvalue weighted by molar-refractivity contribution is 8.00. The molecular formula is C19H16N2O4S. The van der Waals surface area contributed by atoms with E-state index in [2.05, 4.69) is 10.6 Å². The molecule has 1 aliphatic heterocycles. The lowest BCUT2D eigenvalue weighted by molar-refractivity contribution is -0.113. The summed E-state index contributed by atoms with van der Waals surface area (Å²) in [6.07, 6.45) is 0. The van der Waals surface area contributed by atoms with Gasteiger partial charge in [0.05, 0.1) is 18.6 Å². The third kappa shape index (κ3) is 2.90. The largest absolute Gasteiger partial charge is 0.497 e. The Morgan fingerprint density at radius 2 is 2.12 bits per heavy atom. The number of carbonyl (C=O) groups excluding carboxylic acids is 2. The second-order valence-electron chi connectivity index (χ2n) is 5.92. The molecule has 6 nitrogen and oxygen atoms in total. The first-order chi connectivity index (χ1) is 12.5. The van der Waals surface area contributed by atoms with E-state index in [-0.39, 0.29) is 17.6 Å². The highest BCUT2D eigenvalue weighted by Crippen LogP contribution is 2.34. The number of fused-ring (bicyclic) bond motifs is 2. The number of methoxy groups -OCH3 is 1. The Hall–Kier alpha value is -2.93. The lowest BCUT2D eigenvalue weighted by atomic mass is 10.1. The van der Waals surface area contributed by atoms with Crippen LogP contribution in [0.3, 0.4) is 0 Å². The van der Waals surface area contributed by atoms with E-state index in [1.54, 1.807) is 25.3 Å². The number of carbonyl (C=O) groups is 2. The topological polar surface area (TPSA) is 80.6 Å². The van der Waals surface area contributed by atoms with E-state index in [0.717, 1.165) is 15.8 Å². The standard InChI is InChI=1S/C19H16N2O4S/c1-10-13-8-12(24-2)4-5-15(13)25-18(10)19(23)20-11-3-6-16-14(7-11)21-17(22)9-26-16/h3-8H,9H2,1-2H3,(H,20,23)(H,21,22). The molecule has 0 saturated carbocycles. The predicted molar refractivity (Wildman–Crippen MR) is 101 cm³/mol. The van der Waals surface area contributed by atoms with Crippen molar-refractivity contribution in [2.75, 3.05) is 23.5 Å². The lowest BCUT2D eigenvalue weighted by Gasteiger charge is -2.17. The number of anilines is 2. The average Bonchev–Trinajstić information content (AvgIpc) is 2.97. The third-order valence-corrected chi connectivity index (χ3v) is 5.29. The Bertz CT molecular complexity index is 1040. The van der Waals surface area contributed by atoms with Crippen LogP contribution in [0, 0.1) is 6.92 Å². The minimum absolute atomic E-state index is 0.0481. The van der Waals surface area contributed by atoms with Crippen molar-refractivity contribution in [3.63, 3.8) is 0 Å². The first kappa shape index (κ1) is 16.5. The minimum Gasteiger partial charge on any atom is -0.497 e. The first-order valence-corrected chi connectivity index (χ1v) is 8.99. The second-order valence-corrected chi connectivity index (χ2v) is 6.94. The fraction of sp³-hybridized carbons (Fsp3) is 0.158. The molecule has 0 fully saturated rings. The van der Waals surface area contributed by atoms with Crippen molar-refractivity contribution in [3.8, 4) is 5.75 Å². The van der Waals surface area contributed by atoms with Gasteiger partial charge in [-0.05, 0) is 43.3 Å². The van der Waals surface area contributed by atoms with Gasteiger partial charge < -0.3 is 19.8 Å². The van der Waals surface area contributed by atoms with E-state index in [9.17, 15) is 9.59 Å². The molecular weight excluding hydrogens is 352 g/mol. The van der Waals surface area contributed by atoms with Gasteiger partial charge in [0.1, 0.15) is 11.3 Å². The fourth-order valence-electron chi connectivity index (χ4n) is 2.89. The van der Waals surface area contributed by atoms with Crippen LogP contribution in [0.15, 0.2) is 45.7 Å². The molecule has 2 heterocycles. The molecule has 0 bridgehead atoms. The molecule has 4 rings (SSSR count). The molecule has 2 aromatic carbocycles. The number of hydrogen-bond donors (Lipinski definition) is 2. The summed E-state index contributed by atoms with van der Waals surface area (Å²) in [7, 11) is 1.59. The van der Waals surface area contributed by atoms with Gasteiger partial charge in [-0.25, -0.2) is 0 Å². The number of benzene rings is 2. The molecule has 132 valence electrons. The number of furan rings is 1. The van der Waals surface area contributed by atoms with Crippen LogP contribution in [0.25, 0.3) is 11.0 Å². The van der Waals surface area contributed by atoms with Crippen LogP contribution >= 0.6 is 11.8 Å². The number of ether oxygens (including phenoxy) is 1. The molecule has 26 heavy (non-hydrogen) atoms. The maximum Gasteiger partial charge on any atom is 0.291 e. The van der Waals surface area contributed by atoms with Crippen LogP contribution in [0.4, 0.5) is 11.4 Å². The van der Waals surface area contributed by atoms with Crippen molar-refractivity contribution >= 4 is 45.9 Å². The fourth-order valence-corrected chi connectivity index (χ4v) is 3.68. The van der Waals surface area contributed by atoms with Crippen LogP contribution < -0.4 is 15.4 Å². The van der Waals surface area contributed by atoms with Gasteiger partial charge in [-0.1, -0.05) is 0 Å². The zero-order valence-corrected chi connectivity index (χ0v) is 15.0. The monoisotopic (exact) mass is 368 g/mol.